The van der Waals surface area contributed by atoms with Crippen molar-refractivity contribution in [1.29, 1.82) is 0 Å². The number of benzene rings is 1. The van der Waals surface area contributed by atoms with Gasteiger partial charge in [0.15, 0.2) is 0 Å². The number of nitrogens with zero attached hydrogens (tertiary/aromatic N) is 1. The Morgan fingerprint density at radius 2 is 1.79 bits per heavy atom. The molecule has 0 saturated carbocycles. The highest BCUT2D eigenvalue weighted by molar-refractivity contribution is 5.21. The first-order valence-corrected chi connectivity index (χ1v) is 7.21. The van der Waals surface area contributed by atoms with Crippen molar-refractivity contribution in [1.82, 2.24) is 4.90 Å². The van der Waals surface area contributed by atoms with E-state index in [0.29, 0.717) is 11.6 Å². The Balaban J connectivity index is 2.67. The standard InChI is InChI=1S/C16H27FN2/c1-5-13(6-2)19(4)11-12(3)16(18)14-9-7-8-10-15(14)17/h7-10,12-13,16H,5-6,11,18H2,1-4H3. The third-order valence-corrected chi connectivity index (χ3v) is 4.02. The Hall–Kier alpha value is -0.930. The highest BCUT2D eigenvalue weighted by Crippen LogP contribution is 2.23. The molecule has 0 bridgehead atoms. The van der Waals surface area contributed by atoms with Crippen LogP contribution in [0.4, 0.5) is 4.39 Å². The van der Waals surface area contributed by atoms with Crippen LogP contribution in [-0.2, 0) is 0 Å². The Bertz CT molecular complexity index is 377. The monoisotopic (exact) mass is 266 g/mol. The molecule has 2 nitrogen and oxygen atoms in total. The molecule has 1 rings (SSSR count). The first kappa shape index (κ1) is 16.1. The number of nitrogens with two attached hydrogens (primary N) is 1. The van der Waals surface area contributed by atoms with Gasteiger partial charge < -0.3 is 10.6 Å². The summed E-state index contributed by atoms with van der Waals surface area (Å²) in [4.78, 5) is 2.34. The zero-order chi connectivity index (χ0) is 14.4. The molecule has 19 heavy (non-hydrogen) atoms. The second-order valence-corrected chi connectivity index (χ2v) is 5.43. The van der Waals surface area contributed by atoms with Crippen molar-refractivity contribution in [2.75, 3.05) is 13.6 Å². The van der Waals surface area contributed by atoms with Crippen LogP contribution >= 0.6 is 0 Å². The minimum absolute atomic E-state index is 0.202. The molecule has 108 valence electrons. The van der Waals surface area contributed by atoms with E-state index < -0.39 is 0 Å². The maximum Gasteiger partial charge on any atom is 0.127 e. The lowest BCUT2D eigenvalue weighted by Gasteiger charge is -2.31. The Kier molecular flexibility index (Phi) is 6.46. The fourth-order valence-corrected chi connectivity index (χ4v) is 2.68. The molecule has 1 aromatic carbocycles. The maximum absolute atomic E-state index is 13.7. The van der Waals surface area contributed by atoms with Crippen LogP contribution in [0.3, 0.4) is 0 Å². The zero-order valence-corrected chi connectivity index (χ0v) is 12.6. The summed E-state index contributed by atoms with van der Waals surface area (Å²) in [6.07, 6.45) is 2.27. The van der Waals surface area contributed by atoms with E-state index in [-0.39, 0.29) is 17.8 Å². The fraction of sp³-hybridized carbons (Fsp3) is 0.625. The van der Waals surface area contributed by atoms with Gasteiger partial charge in [-0.15, -0.1) is 0 Å². The van der Waals surface area contributed by atoms with Crippen LogP contribution in [0.15, 0.2) is 24.3 Å². The largest absolute Gasteiger partial charge is 0.324 e. The minimum atomic E-state index is -0.252. The van der Waals surface area contributed by atoms with Crippen LogP contribution in [0.25, 0.3) is 0 Å². The average molecular weight is 266 g/mol. The minimum Gasteiger partial charge on any atom is -0.324 e. The molecular formula is C16H27FN2. The third kappa shape index (κ3) is 4.29. The van der Waals surface area contributed by atoms with E-state index in [0.717, 1.165) is 19.4 Å². The van der Waals surface area contributed by atoms with Gasteiger partial charge in [0.1, 0.15) is 5.82 Å². The quantitative estimate of drug-likeness (QED) is 0.817. The molecule has 2 atom stereocenters. The normalized spacial score (nSPS) is 14.9. The summed E-state index contributed by atoms with van der Waals surface area (Å²) in [5.74, 6) is 0.0227. The molecule has 1 aromatic rings. The lowest BCUT2D eigenvalue weighted by molar-refractivity contribution is 0.189. The van der Waals surface area contributed by atoms with Crippen LogP contribution in [-0.4, -0.2) is 24.5 Å². The lowest BCUT2D eigenvalue weighted by atomic mass is 9.94. The van der Waals surface area contributed by atoms with Crippen LogP contribution in [0, 0.1) is 11.7 Å². The first-order chi connectivity index (χ1) is 9.01. The van der Waals surface area contributed by atoms with Crippen molar-refractivity contribution in [3.63, 3.8) is 0 Å². The van der Waals surface area contributed by atoms with Crippen molar-refractivity contribution < 1.29 is 4.39 Å². The van der Waals surface area contributed by atoms with Gasteiger partial charge in [-0.2, -0.15) is 0 Å². The van der Waals surface area contributed by atoms with Crippen molar-refractivity contribution in [2.24, 2.45) is 11.7 Å². The predicted molar refractivity (Wildman–Crippen MR) is 79.5 cm³/mol. The van der Waals surface area contributed by atoms with Crippen molar-refractivity contribution in [3.05, 3.63) is 35.6 Å². The lowest BCUT2D eigenvalue weighted by Crippen LogP contribution is -2.37. The Morgan fingerprint density at radius 1 is 1.21 bits per heavy atom. The fourth-order valence-electron chi connectivity index (χ4n) is 2.68. The van der Waals surface area contributed by atoms with E-state index in [4.69, 9.17) is 5.73 Å². The maximum atomic E-state index is 13.7. The molecule has 0 saturated heterocycles. The van der Waals surface area contributed by atoms with Gasteiger partial charge in [0.2, 0.25) is 0 Å². The van der Waals surface area contributed by atoms with Crippen LogP contribution < -0.4 is 5.73 Å². The molecule has 3 heteroatoms. The van der Waals surface area contributed by atoms with Gasteiger partial charge in [-0.1, -0.05) is 39.0 Å². The summed E-state index contributed by atoms with van der Waals surface area (Å²) in [6, 6.07) is 7.13. The molecular weight excluding hydrogens is 239 g/mol. The zero-order valence-electron chi connectivity index (χ0n) is 12.6. The molecule has 2 unspecified atom stereocenters. The van der Waals surface area contributed by atoms with E-state index in [1.807, 2.05) is 6.07 Å². The second-order valence-electron chi connectivity index (χ2n) is 5.43. The summed E-state index contributed by atoms with van der Waals surface area (Å²) in [5, 5.41) is 0. The molecule has 0 heterocycles. The SMILES string of the molecule is CCC(CC)N(C)CC(C)C(N)c1ccccc1F. The van der Waals surface area contributed by atoms with Crippen molar-refractivity contribution in [3.8, 4) is 0 Å². The third-order valence-electron chi connectivity index (χ3n) is 4.02. The second kappa shape index (κ2) is 7.61. The number of hydrogen-bond acceptors (Lipinski definition) is 2. The van der Waals surface area contributed by atoms with Gasteiger partial charge in [-0.25, -0.2) is 4.39 Å². The predicted octanol–water partition coefficient (Wildman–Crippen LogP) is 3.58. The van der Waals surface area contributed by atoms with Gasteiger partial charge in [0, 0.05) is 24.2 Å². The number of rotatable bonds is 7. The van der Waals surface area contributed by atoms with Gasteiger partial charge in [0.05, 0.1) is 0 Å². The Labute approximate surface area is 116 Å². The molecule has 0 amide bonds. The summed E-state index contributed by atoms with van der Waals surface area (Å²) in [7, 11) is 2.13. The highest BCUT2D eigenvalue weighted by Gasteiger charge is 2.21. The number of hydrogen-bond donors (Lipinski definition) is 1. The van der Waals surface area contributed by atoms with Crippen molar-refractivity contribution >= 4 is 0 Å². The molecule has 0 fully saturated rings. The van der Waals surface area contributed by atoms with Gasteiger partial charge in [-0.3, -0.25) is 0 Å². The van der Waals surface area contributed by atoms with E-state index >= 15 is 0 Å². The van der Waals surface area contributed by atoms with Crippen LogP contribution in [0.5, 0.6) is 0 Å². The Morgan fingerprint density at radius 3 is 2.32 bits per heavy atom. The van der Waals surface area contributed by atoms with Gasteiger partial charge in [0.25, 0.3) is 0 Å². The average Bonchev–Trinajstić information content (AvgIpc) is 2.39. The van der Waals surface area contributed by atoms with E-state index in [9.17, 15) is 4.39 Å². The van der Waals surface area contributed by atoms with Crippen LogP contribution in [0.2, 0.25) is 0 Å². The van der Waals surface area contributed by atoms with Gasteiger partial charge >= 0.3 is 0 Å². The smallest absolute Gasteiger partial charge is 0.127 e. The molecule has 0 aliphatic heterocycles. The van der Waals surface area contributed by atoms with Crippen molar-refractivity contribution in [2.45, 2.75) is 45.7 Å². The highest BCUT2D eigenvalue weighted by atomic mass is 19.1. The van der Waals surface area contributed by atoms with E-state index in [2.05, 4.69) is 32.7 Å². The molecule has 0 aliphatic rings. The van der Waals surface area contributed by atoms with E-state index in [1.54, 1.807) is 12.1 Å². The van der Waals surface area contributed by atoms with Crippen LogP contribution in [0.1, 0.15) is 45.2 Å². The first-order valence-electron chi connectivity index (χ1n) is 7.21. The molecule has 2 N–H and O–H groups in total. The summed E-state index contributed by atoms with van der Waals surface area (Å²) >= 11 is 0. The summed E-state index contributed by atoms with van der Waals surface area (Å²) in [6.45, 7) is 7.39. The molecule has 0 radical (unpaired) electrons. The topological polar surface area (TPSA) is 29.3 Å². The molecule has 0 aliphatic carbocycles. The summed E-state index contributed by atoms with van der Waals surface area (Å²) in [5.41, 5.74) is 6.82. The molecule has 0 spiro atoms. The van der Waals surface area contributed by atoms with E-state index in [1.165, 1.54) is 6.07 Å². The summed E-state index contributed by atoms with van der Waals surface area (Å²) < 4.78 is 13.7. The molecule has 0 aromatic heterocycles. The van der Waals surface area contributed by atoms with Gasteiger partial charge in [-0.05, 0) is 31.9 Å². The number of halogens is 1.